The highest BCUT2D eigenvalue weighted by Crippen LogP contribution is 2.21. The summed E-state index contributed by atoms with van der Waals surface area (Å²) in [5, 5.41) is 2.82. The predicted octanol–water partition coefficient (Wildman–Crippen LogP) is 1.40. The van der Waals surface area contributed by atoms with Crippen LogP contribution in [-0.4, -0.2) is 43.5 Å². The van der Waals surface area contributed by atoms with E-state index in [2.05, 4.69) is 5.32 Å². The van der Waals surface area contributed by atoms with Gasteiger partial charge < -0.3 is 11.1 Å². The fourth-order valence-electron chi connectivity index (χ4n) is 3.02. The Morgan fingerprint density at radius 3 is 2.71 bits per heavy atom. The topological polar surface area (TPSA) is 92.5 Å². The summed E-state index contributed by atoms with van der Waals surface area (Å²) in [6.45, 7) is 2.54. The molecule has 2 unspecified atom stereocenters. The van der Waals surface area contributed by atoms with E-state index in [9.17, 15) is 13.2 Å². The first kappa shape index (κ1) is 18.9. The molecule has 1 saturated heterocycles. The molecule has 0 aliphatic carbocycles. The van der Waals surface area contributed by atoms with E-state index in [1.54, 1.807) is 0 Å². The van der Waals surface area contributed by atoms with E-state index in [4.69, 9.17) is 5.73 Å². The minimum absolute atomic E-state index is 0.0836. The molecule has 1 aromatic carbocycles. The molecule has 1 amide bonds. The van der Waals surface area contributed by atoms with Gasteiger partial charge in [0, 0.05) is 19.1 Å². The highest BCUT2D eigenvalue weighted by molar-refractivity contribution is 7.89. The fraction of sp³-hybridized carbons (Fsp3) is 0.588. The molecule has 2 atom stereocenters. The average molecular weight is 353 g/mol. The summed E-state index contributed by atoms with van der Waals surface area (Å²) in [5.74, 6) is -0.166. The number of sulfonamides is 1. The fourth-order valence-corrected chi connectivity index (χ4v) is 4.77. The second-order valence-corrected chi connectivity index (χ2v) is 8.24. The van der Waals surface area contributed by atoms with Gasteiger partial charge in [0.15, 0.2) is 0 Å². The van der Waals surface area contributed by atoms with Gasteiger partial charge in [-0.1, -0.05) is 43.7 Å². The Morgan fingerprint density at radius 1 is 1.33 bits per heavy atom. The van der Waals surface area contributed by atoms with Crippen LogP contribution in [0.25, 0.3) is 0 Å². The third-order valence-electron chi connectivity index (χ3n) is 4.30. The maximum Gasteiger partial charge on any atom is 0.238 e. The van der Waals surface area contributed by atoms with Crippen molar-refractivity contribution in [3.63, 3.8) is 0 Å². The van der Waals surface area contributed by atoms with E-state index in [-0.39, 0.29) is 17.7 Å². The van der Waals surface area contributed by atoms with Gasteiger partial charge in [0.25, 0.3) is 0 Å². The van der Waals surface area contributed by atoms with Gasteiger partial charge in [0.1, 0.15) is 6.04 Å². The van der Waals surface area contributed by atoms with E-state index < -0.39 is 16.1 Å². The van der Waals surface area contributed by atoms with Crippen molar-refractivity contribution in [2.24, 2.45) is 5.73 Å². The maximum absolute atomic E-state index is 12.5. The number of nitrogens with one attached hydrogen (secondary N) is 1. The minimum atomic E-state index is -3.38. The normalized spacial score (nSPS) is 20.5. The Morgan fingerprint density at radius 2 is 2.04 bits per heavy atom. The van der Waals surface area contributed by atoms with E-state index in [1.807, 2.05) is 37.3 Å². The van der Waals surface area contributed by atoms with Gasteiger partial charge in [-0.15, -0.1) is 0 Å². The number of nitrogens with two attached hydrogens (primary N) is 1. The molecule has 2 rings (SSSR count). The van der Waals surface area contributed by atoms with Crippen molar-refractivity contribution >= 4 is 15.9 Å². The van der Waals surface area contributed by atoms with E-state index >= 15 is 0 Å². The molecule has 0 saturated carbocycles. The number of piperidine rings is 1. The summed E-state index contributed by atoms with van der Waals surface area (Å²) in [4.78, 5) is 12.5. The number of nitrogens with zero attached hydrogens (tertiary/aromatic N) is 1. The number of carbonyl (C=O) groups excluding carboxylic acids is 1. The van der Waals surface area contributed by atoms with Crippen molar-refractivity contribution in [2.75, 3.05) is 18.8 Å². The first-order valence-corrected chi connectivity index (χ1v) is 10.1. The molecule has 24 heavy (non-hydrogen) atoms. The van der Waals surface area contributed by atoms with Crippen molar-refractivity contribution in [2.45, 2.75) is 44.7 Å². The Balaban J connectivity index is 1.99. The molecule has 1 aliphatic heterocycles. The van der Waals surface area contributed by atoms with Crippen LogP contribution < -0.4 is 11.1 Å². The summed E-state index contributed by atoms with van der Waals surface area (Å²) in [6, 6.07) is 8.62. The number of rotatable bonds is 7. The highest BCUT2D eigenvalue weighted by atomic mass is 32.2. The van der Waals surface area contributed by atoms with Crippen LogP contribution in [0.2, 0.25) is 0 Å². The molecular weight excluding hydrogens is 326 g/mol. The smallest absolute Gasteiger partial charge is 0.238 e. The van der Waals surface area contributed by atoms with Gasteiger partial charge in [-0.25, -0.2) is 8.42 Å². The van der Waals surface area contributed by atoms with Gasteiger partial charge >= 0.3 is 0 Å². The SMILES string of the molecule is CCCS(=O)(=O)N1CCCCC1C(=O)NCC(N)c1ccccc1. The van der Waals surface area contributed by atoms with Crippen molar-refractivity contribution in [1.29, 1.82) is 0 Å². The molecule has 1 aromatic rings. The molecule has 134 valence electrons. The number of hydrogen-bond acceptors (Lipinski definition) is 4. The van der Waals surface area contributed by atoms with Gasteiger partial charge in [-0.3, -0.25) is 4.79 Å². The van der Waals surface area contributed by atoms with Gasteiger partial charge in [0.05, 0.1) is 5.75 Å². The second-order valence-electron chi connectivity index (χ2n) is 6.20. The number of hydrogen-bond donors (Lipinski definition) is 2. The van der Waals surface area contributed by atoms with Crippen molar-refractivity contribution < 1.29 is 13.2 Å². The number of benzene rings is 1. The third-order valence-corrected chi connectivity index (χ3v) is 6.38. The monoisotopic (exact) mass is 353 g/mol. The Bertz CT molecular complexity index is 634. The van der Waals surface area contributed by atoms with Crippen LogP contribution in [0.15, 0.2) is 30.3 Å². The maximum atomic E-state index is 12.5. The number of amides is 1. The lowest BCUT2D eigenvalue weighted by atomic mass is 10.0. The minimum Gasteiger partial charge on any atom is -0.353 e. The molecule has 0 bridgehead atoms. The zero-order chi connectivity index (χ0) is 17.6. The molecule has 7 heteroatoms. The van der Waals surface area contributed by atoms with Gasteiger partial charge in [-0.05, 0) is 24.8 Å². The Hall–Kier alpha value is -1.44. The lowest BCUT2D eigenvalue weighted by molar-refractivity contribution is -0.125. The van der Waals surface area contributed by atoms with Gasteiger partial charge in [0.2, 0.25) is 15.9 Å². The summed E-state index contributed by atoms with van der Waals surface area (Å²) in [6.07, 6.45) is 2.78. The molecule has 3 N–H and O–H groups in total. The lowest BCUT2D eigenvalue weighted by Gasteiger charge is -2.33. The third kappa shape index (κ3) is 4.78. The van der Waals surface area contributed by atoms with Crippen molar-refractivity contribution in [3.05, 3.63) is 35.9 Å². The van der Waals surface area contributed by atoms with Crippen LogP contribution in [0.4, 0.5) is 0 Å². The lowest BCUT2D eigenvalue weighted by Crippen LogP contribution is -2.53. The molecule has 0 radical (unpaired) electrons. The molecule has 0 aromatic heterocycles. The zero-order valence-electron chi connectivity index (χ0n) is 14.1. The Kier molecular flexibility index (Phi) is 6.77. The molecule has 1 heterocycles. The molecule has 0 spiro atoms. The molecular formula is C17H27N3O3S. The largest absolute Gasteiger partial charge is 0.353 e. The summed E-state index contributed by atoms with van der Waals surface area (Å²) >= 11 is 0. The van der Waals surface area contributed by atoms with Crippen molar-refractivity contribution in [1.82, 2.24) is 9.62 Å². The molecule has 6 nitrogen and oxygen atoms in total. The van der Waals surface area contributed by atoms with E-state index in [1.165, 1.54) is 4.31 Å². The summed E-state index contributed by atoms with van der Waals surface area (Å²) < 4.78 is 26.1. The van der Waals surface area contributed by atoms with Crippen molar-refractivity contribution in [3.8, 4) is 0 Å². The molecule has 1 fully saturated rings. The zero-order valence-corrected chi connectivity index (χ0v) is 15.0. The van der Waals surface area contributed by atoms with Gasteiger partial charge in [-0.2, -0.15) is 4.31 Å². The first-order valence-electron chi connectivity index (χ1n) is 8.53. The second kappa shape index (κ2) is 8.60. The van der Waals surface area contributed by atoms with E-state index in [0.717, 1.165) is 18.4 Å². The quantitative estimate of drug-likeness (QED) is 0.775. The molecule has 1 aliphatic rings. The van der Waals surface area contributed by atoms with E-state index in [0.29, 0.717) is 25.9 Å². The van der Waals surface area contributed by atoms with Crippen LogP contribution in [0.5, 0.6) is 0 Å². The summed E-state index contributed by atoms with van der Waals surface area (Å²) in [7, 11) is -3.38. The average Bonchev–Trinajstić information content (AvgIpc) is 2.60. The Labute approximate surface area is 144 Å². The number of carbonyl (C=O) groups is 1. The van der Waals surface area contributed by atoms with Crippen LogP contribution in [0.1, 0.15) is 44.2 Å². The highest BCUT2D eigenvalue weighted by Gasteiger charge is 2.36. The first-order chi connectivity index (χ1) is 11.5. The van der Waals surface area contributed by atoms with Crippen LogP contribution in [0.3, 0.4) is 0 Å². The van der Waals surface area contributed by atoms with Crippen LogP contribution in [-0.2, 0) is 14.8 Å². The predicted molar refractivity (Wildman–Crippen MR) is 94.8 cm³/mol. The standard InChI is InChI=1S/C17H27N3O3S/c1-2-12-24(22,23)20-11-7-6-10-16(20)17(21)19-13-15(18)14-8-4-3-5-9-14/h3-5,8-9,15-16H,2,6-7,10-13,18H2,1H3,(H,19,21). The van der Waals surface area contributed by atoms with Crippen LogP contribution in [0, 0.1) is 0 Å². The van der Waals surface area contributed by atoms with Crippen LogP contribution >= 0.6 is 0 Å². The summed E-state index contributed by atoms with van der Waals surface area (Å²) in [5.41, 5.74) is 7.04.